The summed E-state index contributed by atoms with van der Waals surface area (Å²) in [6, 6.07) is 15.3. The Hall–Kier alpha value is -2.82. The van der Waals surface area contributed by atoms with Crippen molar-refractivity contribution in [3.8, 4) is 5.75 Å². The Bertz CT molecular complexity index is 738. The fourth-order valence-corrected chi connectivity index (χ4v) is 3.47. The van der Waals surface area contributed by atoms with E-state index in [4.69, 9.17) is 0 Å². The van der Waals surface area contributed by atoms with Gasteiger partial charge in [0.2, 0.25) is 6.41 Å². The van der Waals surface area contributed by atoms with Crippen LogP contribution in [-0.4, -0.2) is 23.5 Å². The fourth-order valence-electron chi connectivity index (χ4n) is 3.47. The van der Waals surface area contributed by atoms with E-state index in [1.807, 2.05) is 6.07 Å². The van der Waals surface area contributed by atoms with Gasteiger partial charge in [-0.25, -0.2) is 0 Å². The zero-order valence-corrected chi connectivity index (χ0v) is 13.9. The van der Waals surface area contributed by atoms with E-state index in [0.29, 0.717) is 12.3 Å². The van der Waals surface area contributed by atoms with Gasteiger partial charge >= 0.3 is 0 Å². The molecule has 0 radical (unpaired) electrons. The molecular formula is C20H22N2O3. The first-order valence-electron chi connectivity index (χ1n) is 8.57. The standard InChI is InChI=1S/C20H22N2O3/c23-13-21-18-8-4-7-17(19(18)24)20(25)22-16-11-9-15(10-12-16)14-5-2-1-3-6-14/h1-8,13,15-16,24H,9-12H2,(H,21,23)(H,22,25). The first-order valence-corrected chi connectivity index (χ1v) is 8.57. The van der Waals surface area contributed by atoms with Crippen molar-refractivity contribution in [1.29, 1.82) is 0 Å². The molecule has 3 rings (SSSR count). The Balaban J connectivity index is 1.60. The number of benzene rings is 2. The molecule has 3 N–H and O–H groups in total. The van der Waals surface area contributed by atoms with Crippen LogP contribution in [0.1, 0.15) is 47.5 Å². The average molecular weight is 338 g/mol. The van der Waals surface area contributed by atoms with Gasteiger partial charge in [-0.3, -0.25) is 9.59 Å². The number of hydrogen-bond acceptors (Lipinski definition) is 3. The summed E-state index contributed by atoms with van der Waals surface area (Å²) in [5.41, 5.74) is 1.77. The van der Waals surface area contributed by atoms with Gasteiger partial charge in [0.25, 0.3) is 5.91 Å². The van der Waals surface area contributed by atoms with Crippen LogP contribution in [0, 0.1) is 0 Å². The highest BCUT2D eigenvalue weighted by Gasteiger charge is 2.24. The van der Waals surface area contributed by atoms with E-state index in [0.717, 1.165) is 25.7 Å². The molecule has 0 bridgehead atoms. The van der Waals surface area contributed by atoms with E-state index in [1.54, 1.807) is 18.2 Å². The summed E-state index contributed by atoms with van der Waals surface area (Å²) >= 11 is 0. The van der Waals surface area contributed by atoms with Gasteiger partial charge in [-0.1, -0.05) is 36.4 Å². The van der Waals surface area contributed by atoms with Crippen LogP contribution in [0.25, 0.3) is 0 Å². The minimum absolute atomic E-state index is 0.106. The van der Waals surface area contributed by atoms with Gasteiger partial charge in [-0.05, 0) is 49.3 Å². The number of para-hydroxylation sites is 1. The van der Waals surface area contributed by atoms with Crippen molar-refractivity contribution in [2.75, 3.05) is 5.32 Å². The number of hydrogen-bond donors (Lipinski definition) is 3. The number of nitrogens with one attached hydrogen (secondary N) is 2. The minimum Gasteiger partial charge on any atom is -0.505 e. The second-order valence-electron chi connectivity index (χ2n) is 6.40. The van der Waals surface area contributed by atoms with Crippen LogP contribution < -0.4 is 10.6 Å². The maximum Gasteiger partial charge on any atom is 0.255 e. The van der Waals surface area contributed by atoms with Crippen molar-refractivity contribution in [3.63, 3.8) is 0 Å². The number of rotatable bonds is 5. The summed E-state index contributed by atoms with van der Waals surface area (Å²) in [5.74, 6) is 0.0307. The predicted molar refractivity (Wildman–Crippen MR) is 96.7 cm³/mol. The molecule has 0 aromatic heterocycles. The molecule has 0 saturated heterocycles. The lowest BCUT2D eigenvalue weighted by molar-refractivity contribution is -0.105. The number of amides is 2. The summed E-state index contributed by atoms with van der Waals surface area (Å²) < 4.78 is 0. The molecule has 1 aliphatic carbocycles. The van der Waals surface area contributed by atoms with E-state index in [-0.39, 0.29) is 28.9 Å². The van der Waals surface area contributed by atoms with Crippen LogP contribution in [0.15, 0.2) is 48.5 Å². The molecule has 0 atom stereocenters. The third-order valence-electron chi connectivity index (χ3n) is 4.83. The lowest BCUT2D eigenvalue weighted by Crippen LogP contribution is -2.37. The highest BCUT2D eigenvalue weighted by Crippen LogP contribution is 2.33. The first kappa shape index (κ1) is 17.0. The van der Waals surface area contributed by atoms with Crippen LogP contribution in [0.5, 0.6) is 5.75 Å². The molecule has 1 aliphatic rings. The smallest absolute Gasteiger partial charge is 0.255 e. The molecule has 5 heteroatoms. The average Bonchev–Trinajstić information content (AvgIpc) is 2.65. The molecule has 5 nitrogen and oxygen atoms in total. The van der Waals surface area contributed by atoms with Crippen LogP contribution in [0.3, 0.4) is 0 Å². The molecule has 0 heterocycles. The SMILES string of the molecule is O=CNc1cccc(C(=O)NC2CCC(c3ccccc3)CC2)c1O. The Morgan fingerprint density at radius 1 is 1.00 bits per heavy atom. The second-order valence-corrected chi connectivity index (χ2v) is 6.40. The largest absolute Gasteiger partial charge is 0.505 e. The lowest BCUT2D eigenvalue weighted by Gasteiger charge is -2.29. The molecule has 1 saturated carbocycles. The van der Waals surface area contributed by atoms with Gasteiger partial charge in [0.15, 0.2) is 5.75 Å². The van der Waals surface area contributed by atoms with Crippen molar-refractivity contribution < 1.29 is 14.7 Å². The van der Waals surface area contributed by atoms with Gasteiger partial charge in [0.05, 0.1) is 11.3 Å². The fraction of sp³-hybridized carbons (Fsp3) is 0.300. The Morgan fingerprint density at radius 3 is 2.40 bits per heavy atom. The summed E-state index contributed by atoms with van der Waals surface area (Å²) in [4.78, 5) is 23.0. The summed E-state index contributed by atoms with van der Waals surface area (Å²) in [5, 5.41) is 15.5. The van der Waals surface area contributed by atoms with Crippen LogP contribution in [0.4, 0.5) is 5.69 Å². The number of carbonyl (C=O) groups is 2. The minimum atomic E-state index is -0.310. The molecule has 2 amide bonds. The zero-order valence-electron chi connectivity index (χ0n) is 13.9. The second kappa shape index (κ2) is 7.83. The van der Waals surface area contributed by atoms with E-state index in [9.17, 15) is 14.7 Å². The predicted octanol–water partition coefficient (Wildman–Crippen LogP) is 3.42. The quantitative estimate of drug-likeness (QED) is 0.577. The summed E-state index contributed by atoms with van der Waals surface area (Å²) in [6.45, 7) is 0. The molecule has 1 fully saturated rings. The topological polar surface area (TPSA) is 78.4 Å². The number of anilines is 1. The van der Waals surface area contributed by atoms with Crippen molar-refractivity contribution in [3.05, 3.63) is 59.7 Å². The molecule has 0 spiro atoms. The van der Waals surface area contributed by atoms with Gasteiger partial charge in [0, 0.05) is 6.04 Å². The van der Waals surface area contributed by atoms with Crippen LogP contribution in [0.2, 0.25) is 0 Å². The molecule has 2 aromatic carbocycles. The highest BCUT2D eigenvalue weighted by atomic mass is 16.3. The molecular weight excluding hydrogens is 316 g/mol. The Labute approximate surface area is 147 Å². The molecule has 0 aliphatic heterocycles. The molecule has 2 aromatic rings. The van der Waals surface area contributed by atoms with Crippen LogP contribution >= 0.6 is 0 Å². The van der Waals surface area contributed by atoms with E-state index < -0.39 is 0 Å². The number of aromatic hydroxyl groups is 1. The van der Waals surface area contributed by atoms with Crippen LogP contribution in [-0.2, 0) is 4.79 Å². The van der Waals surface area contributed by atoms with Gasteiger partial charge in [-0.15, -0.1) is 0 Å². The highest BCUT2D eigenvalue weighted by molar-refractivity contribution is 5.99. The third-order valence-corrected chi connectivity index (χ3v) is 4.83. The summed E-state index contributed by atoms with van der Waals surface area (Å²) in [7, 11) is 0. The molecule has 130 valence electrons. The molecule has 0 unspecified atom stereocenters. The van der Waals surface area contributed by atoms with Gasteiger partial charge in [0.1, 0.15) is 0 Å². The first-order chi connectivity index (χ1) is 12.2. The number of carbonyl (C=O) groups excluding carboxylic acids is 2. The summed E-state index contributed by atoms with van der Waals surface area (Å²) in [6.07, 6.45) is 4.37. The Kier molecular flexibility index (Phi) is 5.33. The van der Waals surface area contributed by atoms with Crippen molar-refractivity contribution in [2.45, 2.75) is 37.6 Å². The normalized spacial score (nSPS) is 19.8. The maximum atomic E-state index is 12.5. The number of phenols is 1. The van der Waals surface area contributed by atoms with Gasteiger partial charge < -0.3 is 15.7 Å². The number of phenolic OH excluding ortho intramolecular Hbond substituents is 1. The lowest BCUT2D eigenvalue weighted by atomic mass is 9.81. The maximum absolute atomic E-state index is 12.5. The van der Waals surface area contributed by atoms with E-state index in [2.05, 4.69) is 34.9 Å². The Morgan fingerprint density at radius 2 is 1.72 bits per heavy atom. The van der Waals surface area contributed by atoms with Gasteiger partial charge in [-0.2, -0.15) is 0 Å². The van der Waals surface area contributed by atoms with Crippen molar-refractivity contribution >= 4 is 18.0 Å². The van der Waals surface area contributed by atoms with E-state index >= 15 is 0 Å². The van der Waals surface area contributed by atoms with E-state index in [1.165, 1.54) is 5.56 Å². The third kappa shape index (κ3) is 3.99. The zero-order chi connectivity index (χ0) is 17.6. The van der Waals surface area contributed by atoms with Crippen molar-refractivity contribution in [1.82, 2.24) is 5.32 Å². The monoisotopic (exact) mass is 338 g/mol. The van der Waals surface area contributed by atoms with Crippen molar-refractivity contribution in [2.24, 2.45) is 0 Å². The molecule has 25 heavy (non-hydrogen) atoms.